The SMILES string of the molecule is CCOc1ccccc1NC(=O)c1ccnc(Nc2ccccc2)n1. The highest BCUT2D eigenvalue weighted by Crippen LogP contribution is 2.24. The first-order chi connectivity index (χ1) is 12.3. The number of anilines is 3. The topological polar surface area (TPSA) is 76.1 Å². The number of carbonyl (C=O) groups excluding carboxylic acids is 1. The van der Waals surface area contributed by atoms with Crippen LogP contribution in [0.3, 0.4) is 0 Å². The van der Waals surface area contributed by atoms with Gasteiger partial charge in [-0.3, -0.25) is 4.79 Å². The number of rotatable bonds is 6. The van der Waals surface area contributed by atoms with Gasteiger partial charge in [0.05, 0.1) is 12.3 Å². The van der Waals surface area contributed by atoms with Gasteiger partial charge in [-0.25, -0.2) is 9.97 Å². The molecule has 0 radical (unpaired) electrons. The van der Waals surface area contributed by atoms with Crippen molar-refractivity contribution < 1.29 is 9.53 Å². The van der Waals surface area contributed by atoms with E-state index in [0.29, 0.717) is 24.0 Å². The number of carbonyl (C=O) groups is 1. The number of benzene rings is 2. The molecule has 0 fully saturated rings. The normalized spacial score (nSPS) is 10.1. The molecule has 1 aromatic heterocycles. The van der Waals surface area contributed by atoms with E-state index in [9.17, 15) is 4.79 Å². The van der Waals surface area contributed by atoms with Crippen LogP contribution in [-0.2, 0) is 0 Å². The quantitative estimate of drug-likeness (QED) is 0.715. The van der Waals surface area contributed by atoms with E-state index in [1.165, 1.54) is 0 Å². The summed E-state index contributed by atoms with van der Waals surface area (Å²) in [7, 11) is 0. The molecule has 3 aromatic rings. The van der Waals surface area contributed by atoms with Gasteiger partial charge in [0.15, 0.2) is 0 Å². The number of ether oxygens (including phenoxy) is 1. The molecule has 126 valence electrons. The lowest BCUT2D eigenvalue weighted by molar-refractivity contribution is 0.102. The lowest BCUT2D eigenvalue weighted by Gasteiger charge is -2.11. The van der Waals surface area contributed by atoms with Gasteiger partial charge in [0.1, 0.15) is 11.4 Å². The van der Waals surface area contributed by atoms with Crippen molar-refractivity contribution in [2.75, 3.05) is 17.2 Å². The first kappa shape index (κ1) is 16.4. The second-order valence-electron chi connectivity index (χ2n) is 5.14. The van der Waals surface area contributed by atoms with Crippen LogP contribution in [0.1, 0.15) is 17.4 Å². The van der Waals surface area contributed by atoms with Gasteiger partial charge in [0.25, 0.3) is 5.91 Å². The van der Waals surface area contributed by atoms with Crippen molar-refractivity contribution in [3.8, 4) is 5.75 Å². The largest absolute Gasteiger partial charge is 0.492 e. The van der Waals surface area contributed by atoms with Crippen molar-refractivity contribution in [3.05, 3.63) is 72.6 Å². The molecule has 0 spiro atoms. The Balaban J connectivity index is 1.76. The highest BCUT2D eigenvalue weighted by molar-refractivity contribution is 6.03. The highest BCUT2D eigenvalue weighted by Gasteiger charge is 2.12. The zero-order valence-electron chi connectivity index (χ0n) is 13.8. The highest BCUT2D eigenvalue weighted by atomic mass is 16.5. The lowest BCUT2D eigenvalue weighted by Crippen LogP contribution is -2.15. The number of para-hydroxylation sites is 3. The average molecular weight is 334 g/mol. The number of hydrogen-bond donors (Lipinski definition) is 2. The van der Waals surface area contributed by atoms with Crippen molar-refractivity contribution in [2.24, 2.45) is 0 Å². The molecule has 0 aliphatic heterocycles. The molecule has 0 aliphatic carbocycles. The van der Waals surface area contributed by atoms with E-state index >= 15 is 0 Å². The van der Waals surface area contributed by atoms with Crippen molar-refractivity contribution in [1.29, 1.82) is 0 Å². The summed E-state index contributed by atoms with van der Waals surface area (Å²) in [5.74, 6) is 0.651. The van der Waals surface area contributed by atoms with E-state index in [4.69, 9.17) is 4.74 Å². The minimum absolute atomic E-state index is 0.264. The Hall–Kier alpha value is -3.41. The van der Waals surface area contributed by atoms with Gasteiger partial charge in [0.2, 0.25) is 5.95 Å². The molecule has 6 heteroatoms. The van der Waals surface area contributed by atoms with Gasteiger partial charge in [-0.05, 0) is 37.3 Å². The van der Waals surface area contributed by atoms with Crippen molar-refractivity contribution in [3.63, 3.8) is 0 Å². The molecule has 0 aliphatic rings. The summed E-state index contributed by atoms with van der Waals surface area (Å²) in [5, 5.41) is 5.89. The number of aromatic nitrogens is 2. The molecule has 2 N–H and O–H groups in total. The summed E-state index contributed by atoms with van der Waals surface area (Å²) < 4.78 is 5.52. The van der Waals surface area contributed by atoms with Crippen LogP contribution in [0.4, 0.5) is 17.3 Å². The maximum Gasteiger partial charge on any atom is 0.274 e. The third-order valence-corrected chi connectivity index (χ3v) is 3.35. The fourth-order valence-electron chi connectivity index (χ4n) is 2.23. The molecule has 2 aromatic carbocycles. The third kappa shape index (κ3) is 4.32. The minimum atomic E-state index is -0.328. The zero-order valence-corrected chi connectivity index (χ0v) is 13.8. The van der Waals surface area contributed by atoms with Gasteiger partial charge in [-0.2, -0.15) is 0 Å². The summed E-state index contributed by atoms with van der Waals surface area (Å²) in [6.45, 7) is 2.41. The Morgan fingerprint density at radius 1 is 1.04 bits per heavy atom. The van der Waals surface area contributed by atoms with Crippen molar-refractivity contribution in [1.82, 2.24) is 9.97 Å². The molecule has 0 saturated heterocycles. The van der Waals surface area contributed by atoms with Gasteiger partial charge in [0, 0.05) is 11.9 Å². The second-order valence-corrected chi connectivity index (χ2v) is 5.14. The van der Waals surface area contributed by atoms with Crippen molar-refractivity contribution >= 4 is 23.2 Å². The van der Waals surface area contributed by atoms with E-state index in [2.05, 4.69) is 20.6 Å². The predicted octanol–water partition coefficient (Wildman–Crippen LogP) is 3.87. The monoisotopic (exact) mass is 334 g/mol. The Kier molecular flexibility index (Phi) is 5.21. The Labute approximate surface area is 145 Å². The fourth-order valence-corrected chi connectivity index (χ4v) is 2.23. The molecular formula is C19H18N4O2. The molecule has 25 heavy (non-hydrogen) atoms. The third-order valence-electron chi connectivity index (χ3n) is 3.35. The second kappa shape index (κ2) is 7.92. The molecule has 6 nitrogen and oxygen atoms in total. The van der Waals surface area contributed by atoms with Crippen LogP contribution in [-0.4, -0.2) is 22.5 Å². The van der Waals surface area contributed by atoms with Crippen molar-refractivity contribution in [2.45, 2.75) is 6.92 Å². The van der Waals surface area contributed by atoms with Crippen LogP contribution in [0.5, 0.6) is 5.75 Å². The first-order valence-electron chi connectivity index (χ1n) is 7.94. The summed E-state index contributed by atoms with van der Waals surface area (Å²) in [6.07, 6.45) is 1.54. The van der Waals surface area contributed by atoms with Crippen LogP contribution in [0.2, 0.25) is 0 Å². The number of hydrogen-bond acceptors (Lipinski definition) is 5. The maximum atomic E-state index is 12.5. The Bertz CT molecular complexity index is 853. The molecule has 1 amide bonds. The predicted molar refractivity (Wildman–Crippen MR) is 97.3 cm³/mol. The van der Waals surface area contributed by atoms with Crippen LogP contribution in [0.15, 0.2) is 66.9 Å². The van der Waals surface area contributed by atoms with Gasteiger partial charge < -0.3 is 15.4 Å². The van der Waals surface area contributed by atoms with Gasteiger partial charge >= 0.3 is 0 Å². The summed E-state index contributed by atoms with van der Waals surface area (Å²) in [4.78, 5) is 20.9. The van der Waals surface area contributed by atoms with Crippen LogP contribution in [0.25, 0.3) is 0 Å². The molecule has 0 saturated carbocycles. The molecule has 0 atom stereocenters. The van der Waals surface area contributed by atoms with E-state index < -0.39 is 0 Å². The van der Waals surface area contributed by atoms with Gasteiger partial charge in [-0.1, -0.05) is 30.3 Å². The number of nitrogens with zero attached hydrogens (tertiary/aromatic N) is 2. The van der Waals surface area contributed by atoms with Crippen LogP contribution in [0, 0.1) is 0 Å². The maximum absolute atomic E-state index is 12.5. The fraction of sp³-hybridized carbons (Fsp3) is 0.105. The first-order valence-corrected chi connectivity index (χ1v) is 7.94. The summed E-state index contributed by atoms with van der Waals surface area (Å²) >= 11 is 0. The van der Waals surface area contributed by atoms with Crippen LogP contribution < -0.4 is 15.4 Å². The smallest absolute Gasteiger partial charge is 0.274 e. The summed E-state index contributed by atoms with van der Waals surface area (Å²) in [5.41, 5.74) is 1.71. The minimum Gasteiger partial charge on any atom is -0.492 e. The van der Waals surface area contributed by atoms with E-state index in [-0.39, 0.29) is 11.6 Å². The Morgan fingerprint density at radius 3 is 2.60 bits per heavy atom. The average Bonchev–Trinajstić information content (AvgIpc) is 2.64. The van der Waals surface area contributed by atoms with E-state index in [1.807, 2.05) is 55.5 Å². The van der Waals surface area contributed by atoms with Gasteiger partial charge in [-0.15, -0.1) is 0 Å². The molecule has 0 unspecified atom stereocenters. The lowest BCUT2D eigenvalue weighted by atomic mass is 10.2. The van der Waals surface area contributed by atoms with E-state index in [0.717, 1.165) is 5.69 Å². The van der Waals surface area contributed by atoms with Crippen LogP contribution >= 0.6 is 0 Å². The summed E-state index contributed by atoms with van der Waals surface area (Å²) in [6, 6.07) is 18.4. The van der Waals surface area contributed by atoms with E-state index in [1.54, 1.807) is 18.3 Å². The Morgan fingerprint density at radius 2 is 1.80 bits per heavy atom. The number of amides is 1. The molecular weight excluding hydrogens is 316 g/mol. The molecule has 3 rings (SSSR count). The zero-order chi connectivity index (χ0) is 17.5. The molecule has 1 heterocycles. The standard InChI is InChI=1S/C19H18N4O2/c1-2-25-17-11-7-6-10-15(17)22-18(24)16-12-13-20-19(23-16)21-14-8-4-3-5-9-14/h3-13H,2H2,1H3,(H,22,24)(H,20,21,23). The molecule has 0 bridgehead atoms. The number of nitrogens with one attached hydrogen (secondary N) is 2.